The van der Waals surface area contributed by atoms with E-state index < -0.39 is 5.82 Å². The molecule has 0 radical (unpaired) electrons. The lowest BCUT2D eigenvalue weighted by atomic mass is 9.99. The first-order valence-electron chi connectivity index (χ1n) is 8.80. The molecule has 0 aliphatic heterocycles. The third kappa shape index (κ3) is 3.42. The Kier molecular flexibility index (Phi) is 4.71. The van der Waals surface area contributed by atoms with E-state index in [9.17, 15) is 4.39 Å². The normalized spacial score (nSPS) is 10.5. The molecule has 142 valence electrons. The summed E-state index contributed by atoms with van der Waals surface area (Å²) in [6.45, 7) is 0. The highest BCUT2D eigenvalue weighted by atomic mass is 19.1. The molecule has 0 bridgehead atoms. The van der Waals surface area contributed by atoms with Gasteiger partial charge in [-0.15, -0.1) is 0 Å². The van der Waals surface area contributed by atoms with Gasteiger partial charge in [-0.3, -0.25) is 4.98 Å². The van der Waals surface area contributed by atoms with Gasteiger partial charge in [-0.1, -0.05) is 12.1 Å². The molecule has 1 heterocycles. The molecule has 0 unspecified atom stereocenters. The Hall–Kier alpha value is -4.11. The van der Waals surface area contributed by atoms with Gasteiger partial charge in [0.15, 0.2) is 0 Å². The van der Waals surface area contributed by atoms with Crippen molar-refractivity contribution in [2.45, 2.75) is 0 Å². The number of halogens is 1. The zero-order valence-electron chi connectivity index (χ0n) is 15.5. The molecule has 3 aromatic carbocycles. The Morgan fingerprint density at radius 2 is 1.79 bits per heavy atom. The largest absolute Gasteiger partial charge is 0.496 e. The average Bonchev–Trinajstić information content (AvgIpc) is 2.75. The van der Waals surface area contributed by atoms with Crippen LogP contribution in [0.3, 0.4) is 0 Å². The number of methoxy groups -OCH3 is 1. The molecule has 2 N–H and O–H groups in total. The number of nitrogens with two attached hydrogens (primary N) is 1. The van der Waals surface area contributed by atoms with Gasteiger partial charge in [0, 0.05) is 34.5 Å². The molecule has 0 spiro atoms. The fourth-order valence-electron chi connectivity index (χ4n) is 3.11. The van der Waals surface area contributed by atoms with E-state index in [0.717, 1.165) is 0 Å². The summed E-state index contributed by atoms with van der Waals surface area (Å²) in [6, 6.07) is 18.8. The van der Waals surface area contributed by atoms with Gasteiger partial charge in [0.25, 0.3) is 0 Å². The second kappa shape index (κ2) is 7.49. The van der Waals surface area contributed by atoms with Gasteiger partial charge in [-0.2, -0.15) is 5.26 Å². The highest BCUT2D eigenvalue weighted by Crippen LogP contribution is 2.39. The van der Waals surface area contributed by atoms with Crippen molar-refractivity contribution >= 4 is 16.6 Å². The number of rotatable bonds is 4. The fourth-order valence-corrected chi connectivity index (χ4v) is 3.11. The lowest BCUT2D eigenvalue weighted by molar-refractivity contribution is 0.416. The molecule has 4 rings (SSSR count). The number of ether oxygens (including phenoxy) is 2. The van der Waals surface area contributed by atoms with Crippen molar-refractivity contribution in [1.82, 2.24) is 4.98 Å². The number of nitrogens with zero attached hydrogens (tertiary/aromatic N) is 2. The molecule has 1 aromatic heterocycles. The Bertz CT molecular complexity index is 1250. The number of nitrogen functional groups attached to an aromatic ring is 1. The van der Waals surface area contributed by atoms with Crippen molar-refractivity contribution in [3.63, 3.8) is 0 Å². The van der Waals surface area contributed by atoms with Crippen molar-refractivity contribution in [1.29, 1.82) is 5.26 Å². The van der Waals surface area contributed by atoms with Gasteiger partial charge in [0.05, 0.1) is 18.2 Å². The third-order valence-electron chi connectivity index (χ3n) is 4.54. The van der Waals surface area contributed by atoms with E-state index in [1.54, 1.807) is 60.8 Å². The summed E-state index contributed by atoms with van der Waals surface area (Å²) >= 11 is 0. The van der Waals surface area contributed by atoms with E-state index in [1.165, 1.54) is 13.2 Å². The number of aromatic nitrogens is 1. The fraction of sp³-hybridized carbons (Fsp3) is 0.0435. The molecule has 5 nitrogen and oxygen atoms in total. The lowest BCUT2D eigenvalue weighted by Crippen LogP contribution is -1.95. The topological polar surface area (TPSA) is 81.2 Å². The standard InChI is InChI=1S/C23H16FN3O2/c1-28-22-12-20-19(11-18(22)17-4-2-3-14(13-25)23(17)24)21(9-10-27-20)29-16-7-5-15(26)6-8-16/h2-12H,26H2,1H3. The Balaban J connectivity index is 1.90. The zero-order valence-corrected chi connectivity index (χ0v) is 15.5. The molecule has 29 heavy (non-hydrogen) atoms. The maximum atomic E-state index is 14.8. The molecule has 0 aliphatic rings. The minimum absolute atomic E-state index is 0.0332. The molecule has 0 fully saturated rings. The number of nitriles is 1. The van der Waals surface area contributed by atoms with Crippen LogP contribution in [-0.2, 0) is 0 Å². The molecule has 0 aliphatic carbocycles. The van der Waals surface area contributed by atoms with Gasteiger partial charge >= 0.3 is 0 Å². The molecular weight excluding hydrogens is 369 g/mol. The van der Waals surface area contributed by atoms with Crippen LogP contribution in [0.5, 0.6) is 17.2 Å². The first-order chi connectivity index (χ1) is 14.1. The number of hydrogen-bond acceptors (Lipinski definition) is 5. The van der Waals surface area contributed by atoms with Crippen LogP contribution >= 0.6 is 0 Å². The van der Waals surface area contributed by atoms with E-state index in [4.69, 9.17) is 20.5 Å². The smallest absolute Gasteiger partial charge is 0.148 e. The Morgan fingerprint density at radius 3 is 2.52 bits per heavy atom. The predicted octanol–water partition coefficient (Wildman–Crippen LogP) is 5.30. The van der Waals surface area contributed by atoms with Gasteiger partial charge in [-0.05, 0) is 42.5 Å². The van der Waals surface area contributed by atoms with E-state index in [-0.39, 0.29) is 11.1 Å². The van der Waals surface area contributed by atoms with Crippen molar-refractivity contribution in [2.75, 3.05) is 12.8 Å². The lowest BCUT2D eigenvalue weighted by Gasteiger charge is -2.14. The first-order valence-corrected chi connectivity index (χ1v) is 8.80. The van der Waals surface area contributed by atoms with E-state index in [1.807, 2.05) is 6.07 Å². The van der Waals surface area contributed by atoms with Crippen LogP contribution in [0.1, 0.15) is 5.56 Å². The molecule has 0 saturated carbocycles. The van der Waals surface area contributed by atoms with Crippen LogP contribution in [0.25, 0.3) is 22.0 Å². The van der Waals surface area contributed by atoms with E-state index in [0.29, 0.717) is 39.4 Å². The van der Waals surface area contributed by atoms with Crippen LogP contribution in [0.15, 0.2) is 66.9 Å². The van der Waals surface area contributed by atoms with Crippen molar-refractivity contribution < 1.29 is 13.9 Å². The molecule has 6 heteroatoms. The Labute approximate surface area is 166 Å². The van der Waals surface area contributed by atoms with E-state index >= 15 is 0 Å². The summed E-state index contributed by atoms with van der Waals surface area (Å²) in [5, 5.41) is 9.84. The van der Waals surface area contributed by atoms with Gasteiger partial charge < -0.3 is 15.2 Å². The zero-order chi connectivity index (χ0) is 20.4. The second-order valence-electron chi connectivity index (χ2n) is 6.33. The van der Waals surface area contributed by atoms with Crippen LogP contribution in [0.2, 0.25) is 0 Å². The molecule has 0 atom stereocenters. The first kappa shape index (κ1) is 18.3. The van der Waals surface area contributed by atoms with Gasteiger partial charge in [0.2, 0.25) is 0 Å². The quantitative estimate of drug-likeness (QED) is 0.482. The summed E-state index contributed by atoms with van der Waals surface area (Å²) in [4.78, 5) is 4.37. The monoisotopic (exact) mass is 385 g/mol. The van der Waals surface area contributed by atoms with Crippen LogP contribution in [0.4, 0.5) is 10.1 Å². The number of fused-ring (bicyclic) bond motifs is 1. The van der Waals surface area contributed by atoms with Crippen molar-refractivity contribution in [3.8, 4) is 34.4 Å². The van der Waals surface area contributed by atoms with E-state index in [2.05, 4.69) is 4.98 Å². The number of anilines is 1. The Morgan fingerprint density at radius 1 is 1.00 bits per heavy atom. The average molecular weight is 385 g/mol. The highest BCUT2D eigenvalue weighted by molar-refractivity contribution is 5.92. The van der Waals surface area contributed by atoms with Gasteiger partial charge in [-0.25, -0.2) is 4.39 Å². The maximum absolute atomic E-state index is 14.8. The minimum atomic E-state index is -0.599. The third-order valence-corrected chi connectivity index (χ3v) is 4.54. The summed E-state index contributed by atoms with van der Waals surface area (Å²) < 4.78 is 26.3. The minimum Gasteiger partial charge on any atom is -0.496 e. The predicted molar refractivity (Wildman–Crippen MR) is 109 cm³/mol. The molecular formula is C23H16FN3O2. The van der Waals surface area contributed by atoms with Crippen molar-refractivity contribution in [2.24, 2.45) is 0 Å². The molecule has 4 aromatic rings. The summed E-state index contributed by atoms with van der Waals surface area (Å²) in [6.07, 6.45) is 1.63. The second-order valence-corrected chi connectivity index (χ2v) is 6.33. The van der Waals surface area contributed by atoms with Crippen LogP contribution < -0.4 is 15.2 Å². The number of benzene rings is 3. The highest BCUT2D eigenvalue weighted by Gasteiger charge is 2.17. The van der Waals surface area contributed by atoms with Crippen LogP contribution in [-0.4, -0.2) is 12.1 Å². The molecule has 0 amide bonds. The van der Waals surface area contributed by atoms with Crippen molar-refractivity contribution in [3.05, 3.63) is 78.2 Å². The molecule has 0 saturated heterocycles. The number of pyridine rings is 1. The van der Waals surface area contributed by atoms with Crippen LogP contribution in [0, 0.1) is 17.1 Å². The SMILES string of the molecule is COc1cc2nccc(Oc3ccc(N)cc3)c2cc1-c1cccc(C#N)c1F. The summed E-state index contributed by atoms with van der Waals surface area (Å²) in [5.41, 5.74) is 7.74. The number of hydrogen-bond donors (Lipinski definition) is 1. The summed E-state index contributed by atoms with van der Waals surface area (Å²) in [7, 11) is 1.51. The maximum Gasteiger partial charge on any atom is 0.148 e. The van der Waals surface area contributed by atoms with Gasteiger partial charge in [0.1, 0.15) is 29.1 Å². The summed E-state index contributed by atoms with van der Waals surface area (Å²) in [5.74, 6) is 1.02.